The van der Waals surface area contributed by atoms with Crippen molar-refractivity contribution in [2.24, 2.45) is 5.92 Å². The number of furan rings is 1. The van der Waals surface area contributed by atoms with Crippen LogP contribution in [0, 0.1) is 12.8 Å². The molecule has 2 atom stereocenters. The Hall–Kier alpha value is -0.760. The van der Waals surface area contributed by atoms with E-state index in [0.29, 0.717) is 6.04 Å². The molecule has 0 spiro atoms. The standard InChI is InChI=1S/C13H21NO/c1-10-5-3-4-6-13(10)14-9-12-8-7-11(2)15-12/h7-8,10,13-14H,3-6,9H2,1-2H3. The van der Waals surface area contributed by atoms with E-state index in [9.17, 15) is 0 Å². The molecule has 1 aromatic heterocycles. The second kappa shape index (κ2) is 4.84. The van der Waals surface area contributed by atoms with Crippen LogP contribution >= 0.6 is 0 Å². The lowest BCUT2D eigenvalue weighted by Crippen LogP contribution is -2.36. The quantitative estimate of drug-likeness (QED) is 0.823. The fourth-order valence-electron chi connectivity index (χ4n) is 2.43. The Morgan fingerprint density at radius 1 is 1.33 bits per heavy atom. The summed E-state index contributed by atoms with van der Waals surface area (Å²) in [7, 11) is 0. The molecule has 1 fully saturated rings. The van der Waals surface area contributed by atoms with Crippen LogP contribution < -0.4 is 5.32 Å². The lowest BCUT2D eigenvalue weighted by atomic mass is 9.86. The fourth-order valence-corrected chi connectivity index (χ4v) is 2.43. The van der Waals surface area contributed by atoms with Gasteiger partial charge in [0.15, 0.2) is 0 Å². The first-order valence-corrected chi connectivity index (χ1v) is 6.04. The van der Waals surface area contributed by atoms with E-state index in [-0.39, 0.29) is 0 Å². The summed E-state index contributed by atoms with van der Waals surface area (Å²) in [6, 6.07) is 4.78. The molecule has 2 rings (SSSR count). The van der Waals surface area contributed by atoms with Gasteiger partial charge < -0.3 is 9.73 Å². The van der Waals surface area contributed by atoms with Crippen LogP contribution in [0.2, 0.25) is 0 Å². The average molecular weight is 207 g/mol. The van der Waals surface area contributed by atoms with Crippen molar-refractivity contribution >= 4 is 0 Å². The zero-order valence-electron chi connectivity index (χ0n) is 9.75. The highest BCUT2D eigenvalue weighted by atomic mass is 16.3. The van der Waals surface area contributed by atoms with E-state index >= 15 is 0 Å². The molecule has 1 saturated carbocycles. The third-order valence-electron chi connectivity index (χ3n) is 3.45. The molecular formula is C13H21NO. The zero-order valence-corrected chi connectivity index (χ0v) is 9.75. The summed E-state index contributed by atoms with van der Waals surface area (Å²) < 4.78 is 5.55. The Morgan fingerprint density at radius 3 is 2.80 bits per heavy atom. The van der Waals surface area contributed by atoms with E-state index in [4.69, 9.17) is 4.42 Å². The summed E-state index contributed by atoms with van der Waals surface area (Å²) in [5, 5.41) is 3.61. The SMILES string of the molecule is Cc1ccc(CNC2CCCCC2C)o1. The van der Waals surface area contributed by atoms with Crippen molar-refractivity contribution in [3.8, 4) is 0 Å². The van der Waals surface area contributed by atoms with Gasteiger partial charge in [-0.2, -0.15) is 0 Å². The van der Waals surface area contributed by atoms with E-state index < -0.39 is 0 Å². The highest BCUT2D eigenvalue weighted by Crippen LogP contribution is 2.24. The molecule has 1 aliphatic rings. The van der Waals surface area contributed by atoms with Gasteiger partial charge in [0.05, 0.1) is 6.54 Å². The van der Waals surface area contributed by atoms with Gasteiger partial charge in [-0.1, -0.05) is 19.8 Å². The summed E-state index contributed by atoms with van der Waals surface area (Å²) in [6.45, 7) is 5.22. The van der Waals surface area contributed by atoms with Gasteiger partial charge >= 0.3 is 0 Å². The average Bonchev–Trinajstić information content (AvgIpc) is 2.63. The zero-order chi connectivity index (χ0) is 10.7. The van der Waals surface area contributed by atoms with E-state index in [2.05, 4.69) is 18.3 Å². The second-order valence-corrected chi connectivity index (χ2v) is 4.76. The van der Waals surface area contributed by atoms with Crippen molar-refractivity contribution in [3.63, 3.8) is 0 Å². The van der Waals surface area contributed by atoms with Gasteiger partial charge in [-0.05, 0) is 37.8 Å². The molecule has 84 valence electrons. The number of rotatable bonds is 3. The molecule has 1 aliphatic carbocycles. The van der Waals surface area contributed by atoms with Crippen LogP contribution in [0.1, 0.15) is 44.1 Å². The summed E-state index contributed by atoms with van der Waals surface area (Å²) in [5.41, 5.74) is 0. The van der Waals surface area contributed by atoms with Crippen LogP contribution in [0.5, 0.6) is 0 Å². The van der Waals surface area contributed by atoms with Crippen LogP contribution in [-0.2, 0) is 6.54 Å². The maximum Gasteiger partial charge on any atom is 0.117 e. The minimum absolute atomic E-state index is 0.684. The summed E-state index contributed by atoms with van der Waals surface area (Å²) in [6.07, 6.45) is 5.47. The molecule has 0 radical (unpaired) electrons. The maximum atomic E-state index is 5.55. The van der Waals surface area contributed by atoms with Crippen molar-refractivity contribution in [1.29, 1.82) is 0 Å². The maximum absolute atomic E-state index is 5.55. The van der Waals surface area contributed by atoms with Crippen molar-refractivity contribution in [3.05, 3.63) is 23.7 Å². The minimum atomic E-state index is 0.684. The highest BCUT2D eigenvalue weighted by molar-refractivity contribution is 5.05. The third kappa shape index (κ3) is 2.85. The summed E-state index contributed by atoms with van der Waals surface area (Å²) in [4.78, 5) is 0. The van der Waals surface area contributed by atoms with Gasteiger partial charge in [-0.15, -0.1) is 0 Å². The molecular weight excluding hydrogens is 186 g/mol. The first-order chi connectivity index (χ1) is 7.25. The largest absolute Gasteiger partial charge is 0.465 e. The number of hydrogen-bond acceptors (Lipinski definition) is 2. The molecule has 2 nitrogen and oxygen atoms in total. The van der Waals surface area contributed by atoms with Crippen molar-refractivity contribution in [2.75, 3.05) is 0 Å². The lowest BCUT2D eigenvalue weighted by molar-refractivity contribution is 0.272. The first kappa shape index (κ1) is 10.7. The van der Waals surface area contributed by atoms with Gasteiger partial charge in [0, 0.05) is 6.04 Å². The normalized spacial score (nSPS) is 26.8. The lowest BCUT2D eigenvalue weighted by Gasteiger charge is -2.29. The molecule has 1 aromatic rings. The molecule has 15 heavy (non-hydrogen) atoms. The topological polar surface area (TPSA) is 25.2 Å². The van der Waals surface area contributed by atoms with E-state index in [1.807, 2.05) is 13.0 Å². The molecule has 0 saturated heterocycles. The Labute approximate surface area is 92.1 Å². The Bertz CT molecular complexity index is 305. The van der Waals surface area contributed by atoms with Gasteiger partial charge in [0.2, 0.25) is 0 Å². The van der Waals surface area contributed by atoms with Gasteiger partial charge in [-0.25, -0.2) is 0 Å². The van der Waals surface area contributed by atoms with E-state index in [1.54, 1.807) is 0 Å². The van der Waals surface area contributed by atoms with Crippen LogP contribution in [0.15, 0.2) is 16.5 Å². The fraction of sp³-hybridized carbons (Fsp3) is 0.692. The molecule has 0 aromatic carbocycles. The smallest absolute Gasteiger partial charge is 0.117 e. The molecule has 2 unspecified atom stereocenters. The molecule has 0 aliphatic heterocycles. The van der Waals surface area contributed by atoms with E-state index in [1.165, 1.54) is 25.7 Å². The molecule has 0 bridgehead atoms. The predicted octanol–water partition coefficient (Wildman–Crippen LogP) is 3.26. The Kier molecular flexibility index (Phi) is 3.47. The number of hydrogen-bond donors (Lipinski definition) is 1. The van der Waals surface area contributed by atoms with E-state index in [0.717, 1.165) is 24.0 Å². The van der Waals surface area contributed by atoms with Gasteiger partial charge in [0.25, 0.3) is 0 Å². The second-order valence-electron chi connectivity index (χ2n) is 4.76. The van der Waals surface area contributed by atoms with Crippen molar-refractivity contribution < 1.29 is 4.42 Å². The number of nitrogens with one attached hydrogen (secondary N) is 1. The minimum Gasteiger partial charge on any atom is -0.465 e. The Balaban J connectivity index is 1.81. The highest BCUT2D eigenvalue weighted by Gasteiger charge is 2.20. The number of aryl methyl sites for hydroxylation is 1. The monoisotopic (exact) mass is 207 g/mol. The van der Waals surface area contributed by atoms with Crippen LogP contribution in [0.25, 0.3) is 0 Å². The van der Waals surface area contributed by atoms with Crippen molar-refractivity contribution in [1.82, 2.24) is 5.32 Å². The summed E-state index contributed by atoms with van der Waals surface area (Å²) >= 11 is 0. The molecule has 2 heteroatoms. The Morgan fingerprint density at radius 2 is 2.13 bits per heavy atom. The van der Waals surface area contributed by atoms with Gasteiger partial charge in [0.1, 0.15) is 11.5 Å². The van der Waals surface area contributed by atoms with Gasteiger partial charge in [-0.3, -0.25) is 0 Å². The van der Waals surface area contributed by atoms with Crippen molar-refractivity contribution in [2.45, 2.75) is 52.1 Å². The molecule has 1 N–H and O–H groups in total. The predicted molar refractivity (Wildman–Crippen MR) is 61.7 cm³/mol. The first-order valence-electron chi connectivity index (χ1n) is 6.04. The molecule has 1 heterocycles. The summed E-state index contributed by atoms with van der Waals surface area (Å²) in [5.74, 6) is 2.88. The molecule has 0 amide bonds. The van der Waals surface area contributed by atoms with Crippen LogP contribution in [-0.4, -0.2) is 6.04 Å². The van der Waals surface area contributed by atoms with Crippen LogP contribution in [0.4, 0.5) is 0 Å². The van der Waals surface area contributed by atoms with Crippen LogP contribution in [0.3, 0.4) is 0 Å². The third-order valence-corrected chi connectivity index (χ3v) is 3.45.